The van der Waals surface area contributed by atoms with Crippen LogP contribution in [0.2, 0.25) is 0 Å². The van der Waals surface area contributed by atoms with Crippen molar-refractivity contribution in [2.45, 2.75) is 38.9 Å². The Morgan fingerprint density at radius 1 is 1.25 bits per heavy atom. The number of nitrogens with zero attached hydrogens (tertiary/aromatic N) is 2. The molecule has 1 N–H and O–H groups in total. The van der Waals surface area contributed by atoms with Crippen LogP contribution in [0.15, 0.2) is 36.4 Å². The molecule has 0 bridgehead atoms. The van der Waals surface area contributed by atoms with Crippen LogP contribution < -0.4 is 5.32 Å². The van der Waals surface area contributed by atoms with Crippen molar-refractivity contribution in [1.82, 2.24) is 15.2 Å². The van der Waals surface area contributed by atoms with E-state index >= 15 is 0 Å². The molecule has 3 heteroatoms. The summed E-state index contributed by atoms with van der Waals surface area (Å²) in [6.45, 7) is 9.86. The van der Waals surface area contributed by atoms with Crippen LogP contribution in [0.1, 0.15) is 26.5 Å². The second kappa shape index (κ2) is 5.15. The minimum Gasteiger partial charge on any atom is -0.311 e. The molecule has 2 aromatic rings. The molecule has 3 nitrogen and oxygen atoms in total. The Kier molecular flexibility index (Phi) is 3.48. The molecule has 1 unspecified atom stereocenters. The van der Waals surface area contributed by atoms with Crippen molar-refractivity contribution in [3.05, 3.63) is 42.1 Å². The van der Waals surface area contributed by atoms with Gasteiger partial charge in [-0.2, -0.15) is 0 Å². The van der Waals surface area contributed by atoms with E-state index in [1.54, 1.807) is 0 Å². The summed E-state index contributed by atoms with van der Waals surface area (Å²) in [5.74, 6) is 0. The molecular formula is C17H23N3. The molecule has 106 valence electrons. The Hall–Kier alpha value is -1.45. The Morgan fingerprint density at radius 2 is 2.05 bits per heavy atom. The maximum Gasteiger partial charge on any atom is 0.0705 e. The van der Waals surface area contributed by atoms with Crippen LogP contribution in [0.3, 0.4) is 0 Å². The van der Waals surface area contributed by atoms with Crippen molar-refractivity contribution >= 4 is 10.9 Å². The molecule has 0 radical (unpaired) electrons. The van der Waals surface area contributed by atoms with Crippen LogP contribution >= 0.6 is 0 Å². The molecule has 0 saturated carbocycles. The quantitative estimate of drug-likeness (QED) is 0.908. The number of benzene rings is 1. The number of para-hydroxylation sites is 1. The summed E-state index contributed by atoms with van der Waals surface area (Å²) in [6, 6.07) is 13.2. The van der Waals surface area contributed by atoms with Gasteiger partial charge in [-0.1, -0.05) is 24.3 Å². The van der Waals surface area contributed by atoms with Gasteiger partial charge in [0.15, 0.2) is 0 Å². The van der Waals surface area contributed by atoms with Gasteiger partial charge in [0.1, 0.15) is 0 Å². The van der Waals surface area contributed by atoms with Crippen molar-refractivity contribution in [2.75, 3.05) is 13.1 Å². The number of piperazine rings is 1. The molecule has 1 aliphatic heterocycles. The molecule has 1 saturated heterocycles. The highest BCUT2D eigenvalue weighted by Crippen LogP contribution is 2.21. The molecule has 1 aliphatic rings. The third-order valence-electron chi connectivity index (χ3n) is 4.24. The maximum absolute atomic E-state index is 4.80. The number of hydrogen-bond donors (Lipinski definition) is 1. The van der Waals surface area contributed by atoms with Crippen molar-refractivity contribution in [2.24, 2.45) is 0 Å². The van der Waals surface area contributed by atoms with Crippen molar-refractivity contribution in [3.8, 4) is 0 Å². The fourth-order valence-electron chi connectivity index (χ4n) is 2.85. The minimum absolute atomic E-state index is 0.180. The van der Waals surface area contributed by atoms with Crippen LogP contribution in [-0.4, -0.2) is 34.6 Å². The van der Waals surface area contributed by atoms with Gasteiger partial charge in [-0.15, -0.1) is 0 Å². The van der Waals surface area contributed by atoms with Gasteiger partial charge in [-0.25, -0.2) is 0 Å². The number of rotatable bonds is 2. The second-order valence-corrected chi connectivity index (χ2v) is 6.47. The van der Waals surface area contributed by atoms with Crippen molar-refractivity contribution in [1.29, 1.82) is 0 Å². The SMILES string of the molecule is CC1CN(Cc2ccc3ccccc3n2)C(C)(C)CN1. The Labute approximate surface area is 121 Å². The van der Waals surface area contributed by atoms with Gasteiger partial charge in [0.05, 0.1) is 11.2 Å². The van der Waals surface area contributed by atoms with Gasteiger partial charge in [-0.05, 0) is 32.9 Å². The fraction of sp³-hybridized carbons (Fsp3) is 0.471. The zero-order chi connectivity index (χ0) is 14.2. The van der Waals surface area contributed by atoms with Crippen LogP contribution in [0.5, 0.6) is 0 Å². The van der Waals surface area contributed by atoms with Crippen LogP contribution in [0.25, 0.3) is 10.9 Å². The summed E-state index contributed by atoms with van der Waals surface area (Å²) in [6.07, 6.45) is 0. The van der Waals surface area contributed by atoms with E-state index in [-0.39, 0.29) is 5.54 Å². The van der Waals surface area contributed by atoms with Gasteiger partial charge in [0.2, 0.25) is 0 Å². The highest BCUT2D eigenvalue weighted by atomic mass is 15.3. The van der Waals surface area contributed by atoms with Gasteiger partial charge in [0.25, 0.3) is 0 Å². The minimum atomic E-state index is 0.180. The van der Waals surface area contributed by atoms with Gasteiger partial charge in [-0.3, -0.25) is 9.88 Å². The molecule has 20 heavy (non-hydrogen) atoms. The third-order valence-corrected chi connectivity index (χ3v) is 4.24. The predicted molar refractivity (Wildman–Crippen MR) is 83.7 cm³/mol. The number of pyridine rings is 1. The standard InChI is InChI=1S/C17H23N3/c1-13-10-20(17(2,3)12-18-13)11-15-9-8-14-6-4-5-7-16(14)19-15/h4-9,13,18H,10-12H2,1-3H3. The molecule has 0 aliphatic carbocycles. The zero-order valence-corrected chi connectivity index (χ0v) is 12.6. The number of hydrogen-bond acceptors (Lipinski definition) is 3. The molecule has 1 atom stereocenters. The van der Waals surface area contributed by atoms with E-state index in [0.717, 1.165) is 30.8 Å². The van der Waals surface area contributed by atoms with Crippen molar-refractivity contribution < 1.29 is 0 Å². The van der Waals surface area contributed by atoms with E-state index in [0.29, 0.717) is 6.04 Å². The molecule has 2 heterocycles. The average molecular weight is 269 g/mol. The Bertz CT molecular complexity index is 606. The second-order valence-electron chi connectivity index (χ2n) is 6.47. The summed E-state index contributed by atoms with van der Waals surface area (Å²) in [7, 11) is 0. The van der Waals surface area contributed by atoms with Crippen LogP contribution in [-0.2, 0) is 6.54 Å². The van der Waals surface area contributed by atoms with E-state index in [4.69, 9.17) is 4.98 Å². The molecule has 1 aromatic carbocycles. The predicted octanol–water partition coefficient (Wildman–Crippen LogP) is 2.81. The van der Waals surface area contributed by atoms with E-state index in [1.807, 2.05) is 0 Å². The lowest BCUT2D eigenvalue weighted by atomic mass is 9.97. The normalized spacial score (nSPS) is 23.1. The lowest BCUT2D eigenvalue weighted by Gasteiger charge is -2.45. The molecule has 3 rings (SSSR count). The molecular weight excluding hydrogens is 246 g/mol. The first-order chi connectivity index (χ1) is 9.54. The van der Waals surface area contributed by atoms with E-state index in [1.165, 1.54) is 5.39 Å². The molecule has 0 amide bonds. The number of fused-ring (bicyclic) bond motifs is 1. The molecule has 1 aromatic heterocycles. The highest BCUT2D eigenvalue weighted by molar-refractivity contribution is 5.78. The Morgan fingerprint density at radius 3 is 2.90 bits per heavy atom. The zero-order valence-electron chi connectivity index (χ0n) is 12.6. The van der Waals surface area contributed by atoms with Crippen LogP contribution in [0, 0.1) is 0 Å². The topological polar surface area (TPSA) is 28.2 Å². The van der Waals surface area contributed by atoms with Crippen LogP contribution in [0.4, 0.5) is 0 Å². The largest absolute Gasteiger partial charge is 0.311 e. The maximum atomic E-state index is 4.80. The first kappa shape index (κ1) is 13.5. The first-order valence-electron chi connectivity index (χ1n) is 7.38. The summed E-state index contributed by atoms with van der Waals surface area (Å²) in [5, 5.41) is 4.77. The van der Waals surface area contributed by atoms with E-state index < -0.39 is 0 Å². The lowest BCUT2D eigenvalue weighted by Crippen LogP contribution is -2.60. The lowest BCUT2D eigenvalue weighted by molar-refractivity contribution is 0.0615. The average Bonchev–Trinajstić information content (AvgIpc) is 2.43. The van der Waals surface area contributed by atoms with E-state index in [9.17, 15) is 0 Å². The summed E-state index contributed by atoms with van der Waals surface area (Å²) in [5.41, 5.74) is 2.43. The molecule has 1 fully saturated rings. The summed E-state index contributed by atoms with van der Waals surface area (Å²) < 4.78 is 0. The number of aromatic nitrogens is 1. The Balaban J connectivity index is 1.84. The first-order valence-corrected chi connectivity index (χ1v) is 7.38. The molecule has 0 spiro atoms. The third kappa shape index (κ3) is 2.69. The highest BCUT2D eigenvalue weighted by Gasteiger charge is 2.32. The fourth-order valence-corrected chi connectivity index (χ4v) is 2.85. The van der Waals surface area contributed by atoms with E-state index in [2.05, 4.69) is 67.4 Å². The van der Waals surface area contributed by atoms with Gasteiger partial charge < -0.3 is 5.32 Å². The smallest absolute Gasteiger partial charge is 0.0705 e. The van der Waals surface area contributed by atoms with Crippen molar-refractivity contribution in [3.63, 3.8) is 0 Å². The summed E-state index contributed by atoms with van der Waals surface area (Å²) >= 11 is 0. The van der Waals surface area contributed by atoms with Gasteiger partial charge in [0, 0.05) is 36.6 Å². The number of nitrogens with one attached hydrogen (secondary N) is 1. The van der Waals surface area contributed by atoms with Gasteiger partial charge >= 0.3 is 0 Å². The summed E-state index contributed by atoms with van der Waals surface area (Å²) in [4.78, 5) is 7.33. The monoisotopic (exact) mass is 269 g/mol.